The van der Waals surface area contributed by atoms with Gasteiger partial charge in [0.2, 0.25) is 0 Å². The smallest absolute Gasteiger partial charge is 0.0642 e. The van der Waals surface area contributed by atoms with Gasteiger partial charge in [0, 0.05) is 24.5 Å². The molecule has 0 saturated carbocycles. The van der Waals surface area contributed by atoms with E-state index in [-0.39, 0.29) is 5.41 Å². The molecule has 0 bridgehead atoms. The summed E-state index contributed by atoms with van der Waals surface area (Å²) >= 11 is 0. The van der Waals surface area contributed by atoms with E-state index < -0.39 is 0 Å². The number of nitrogens with one attached hydrogen (secondary N) is 1. The molecule has 2 aromatic carbocycles. The average Bonchev–Trinajstić information content (AvgIpc) is 2.67. The van der Waals surface area contributed by atoms with Gasteiger partial charge in [0.25, 0.3) is 0 Å². The standard InChI is InChI=1S/C23H30N2O/c1-4-17-9-10-18(25-11-13-26-14-12-25)15-19(17)22-16-23(2,3)20-7-5-6-8-21(20)24-22/h5-10,15,22,24H,4,11-14,16H2,1-3H3. The van der Waals surface area contributed by atoms with Crippen LogP contribution >= 0.6 is 0 Å². The van der Waals surface area contributed by atoms with Gasteiger partial charge in [-0.3, -0.25) is 0 Å². The molecule has 0 amide bonds. The molecule has 1 saturated heterocycles. The van der Waals surface area contributed by atoms with Gasteiger partial charge in [-0.05, 0) is 53.1 Å². The van der Waals surface area contributed by atoms with Crippen LogP contribution in [0.2, 0.25) is 0 Å². The predicted octanol–water partition coefficient (Wildman–Crippen LogP) is 4.92. The zero-order valence-electron chi connectivity index (χ0n) is 16.2. The van der Waals surface area contributed by atoms with E-state index in [1.165, 1.54) is 28.1 Å². The lowest BCUT2D eigenvalue weighted by Gasteiger charge is -2.40. The number of ether oxygens (including phenoxy) is 1. The number of morpholine rings is 1. The maximum atomic E-state index is 5.53. The summed E-state index contributed by atoms with van der Waals surface area (Å²) in [4.78, 5) is 2.45. The molecular weight excluding hydrogens is 320 g/mol. The largest absolute Gasteiger partial charge is 0.378 e. The summed E-state index contributed by atoms with van der Waals surface area (Å²) in [6, 6.07) is 16.2. The Bertz CT molecular complexity index is 778. The Labute approximate surface area is 157 Å². The number of para-hydroxylation sites is 1. The molecule has 3 nitrogen and oxygen atoms in total. The molecular formula is C23H30N2O. The van der Waals surface area contributed by atoms with Crippen LogP contribution in [0, 0.1) is 0 Å². The molecule has 2 aliphatic rings. The third kappa shape index (κ3) is 3.21. The summed E-state index contributed by atoms with van der Waals surface area (Å²) in [5.41, 5.74) is 7.13. The molecule has 0 aliphatic carbocycles. The fourth-order valence-electron chi connectivity index (χ4n) is 4.49. The van der Waals surface area contributed by atoms with Crippen LogP contribution in [0.15, 0.2) is 42.5 Å². The average molecular weight is 351 g/mol. The monoisotopic (exact) mass is 350 g/mol. The molecule has 26 heavy (non-hydrogen) atoms. The first-order chi connectivity index (χ1) is 12.6. The minimum atomic E-state index is 0.173. The van der Waals surface area contributed by atoms with Crippen molar-refractivity contribution in [2.24, 2.45) is 0 Å². The molecule has 2 aromatic rings. The number of nitrogens with zero attached hydrogens (tertiary/aromatic N) is 1. The van der Waals surface area contributed by atoms with Crippen molar-refractivity contribution in [1.82, 2.24) is 0 Å². The second-order valence-corrected chi connectivity index (χ2v) is 8.17. The Kier molecular flexibility index (Phi) is 4.66. The summed E-state index contributed by atoms with van der Waals surface area (Å²) in [7, 11) is 0. The minimum Gasteiger partial charge on any atom is -0.378 e. The van der Waals surface area contributed by atoms with Crippen LogP contribution in [0.4, 0.5) is 11.4 Å². The van der Waals surface area contributed by atoms with E-state index in [2.05, 4.69) is 73.5 Å². The Morgan fingerprint density at radius 3 is 2.65 bits per heavy atom. The van der Waals surface area contributed by atoms with Gasteiger partial charge in [-0.25, -0.2) is 0 Å². The fourth-order valence-corrected chi connectivity index (χ4v) is 4.49. The first kappa shape index (κ1) is 17.4. The van der Waals surface area contributed by atoms with Crippen LogP contribution in [0.5, 0.6) is 0 Å². The van der Waals surface area contributed by atoms with Gasteiger partial charge in [0.05, 0.1) is 19.3 Å². The van der Waals surface area contributed by atoms with E-state index in [4.69, 9.17) is 4.74 Å². The van der Waals surface area contributed by atoms with E-state index >= 15 is 0 Å². The molecule has 0 spiro atoms. The van der Waals surface area contributed by atoms with Crippen LogP contribution in [0.1, 0.15) is 49.9 Å². The Morgan fingerprint density at radius 2 is 1.88 bits per heavy atom. The Morgan fingerprint density at radius 1 is 1.12 bits per heavy atom. The van der Waals surface area contributed by atoms with Crippen molar-refractivity contribution in [2.45, 2.75) is 45.1 Å². The predicted molar refractivity (Wildman–Crippen MR) is 109 cm³/mol. The molecule has 2 aliphatic heterocycles. The van der Waals surface area contributed by atoms with Gasteiger partial charge in [0.15, 0.2) is 0 Å². The molecule has 1 unspecified atom stereocenters. The van der Waals surface area contributed by atoms with E-state index in [0.717, 1.165) is 39.1 Å². The number of anilines is 2. The number of aryl methyl sites for hydroxylation is 1. The highest BCUT2D eigenvalue weighted by atomic mass is 16.5. The summed E-state index contributed by atoms with van der Waals surface area (Å²) in [6.45, 7) is 10.6. The highest BCUT2D eigenvalue weighted by Gasteiger charge is 2.34. The van der Waals surface area contributed by atoms with Gasteiger partial charge < -0.3 is 15.0 Å². The van der Waals surface area contributed by atoms with Crippen LogP contribution < -0.4 is 10.2 Å². The second-order valence-electron chi connectivity index (χ2n) is 8.17. The van der Waals surface area contributed by atoms with Crippen molar-refractivity contribution in [3.8, 4) is 0 Å². The molecule has 0 aromatic heterocycles. The molecule has 1 N–H and O–H groups in total. The van der Waals surface area contributed by atoms with Crippen molar-refractivity contribution in [1.29, 1.82) is 0 Å². The maximum absolute atomic E-state index is 5.53. The molecule has 4 rings (SSSR count). The van der Waals surface area contributed by atoms with Crippen molar-refractivity contribution < 1.29 is 4.74 Å². The zero-order chi connectivity index (χ0) is 18.1. The molecule has 0 radical (unpaired) electrons. The number of rotatable bonds is 3. The number of benzene rings is 2. The SMILES string of the molecule is CCc1ccc(N2CCOCC2)cc1C1CC(C)(C)c2ccccc2N1. The summed E-state index contributed by atoms with van der Waals surface area (Å²) in [6.07, 6.45) is 2.18. The third-order valence-corrected chi connectivity index (χ3v) is 5.96. The van der Waals surface area contributed by atoms with Crippen LogP contribution in [0.3, 0.4) is 0 Å². The van der Waals surface area contributed by atoms with Gasteiger partial charge in [-0.15, -0.1) is 0 Å². The third-order valence-electron chi connectivity index (χ3n) is 5.96. The van der Waals surface area contributed by atoms with Crippen molar-refractivity contribution >= 4 is 11.4 Å². The normalized spacial score (nSPS) is 21.8. The number of hydrogen-bond acceptors (Lipinski definition) is 3. The molecule has 2 heterocycles. The topological polar surface area (TPSA) is 24.5 Å². The van der Waals surface area contributed by atoms with E-state index in [1.54, 1.807) is 0 Å². The van der Waals surface area contributed by atoms with Crippen LogP contribution in [0.25, 0.3) is 0 Å². The minimum absolute atomic E-state index is 0.173. The van der Waals surface area contributed by atoms with Gasteiger partial charge in [0.1, 0.15) is 0 Å². The summed E-state index contributed by atoms with van der Waals surface area (Å²) in [5, 5.41) is 3.83. The van der Waals surface area contributed by atoms with E-state index in [1.807, 2.05) is 0 Å². The highest BCUT2D eigenvalue weighted by Crippen LogP contribution is 2.45. The molecule has 3 heteroatoms. The lowest BCUT2D eigenvalue weighted by atomic mass is 9.73. The number of fused-ring (bicyclic) bond motifs is 1. The molecule has 1 fully saturated rings. The van der Waals surface area contributed by atoms with Crippen LogP contribution in [-0.2, 0) is 16.6 Å². The Balaban J connectivity index is 1.70. The van der Waals surface area contributed by atoms with E-state index in [9.17, 15) is 0 Å². The van der Waals surface area contributed by atoms with Crippen molar-refractivity contribution in [2.75, 3.05) is 36.5 Å². The summed E-state index contributed by atoms with van der Waals surface area (Å²) in [5.74, 6) is 0. The first-order valence-corrected chi connectivity index (χ1v) is 9.90. The van der Waals surface area contributed by atoms with Gasteiger partial charge in [-0.2, -0.15) is 0 Å². The van der Waals surface area contributed by atoms with Gasteiger partial charge >= 0.3 is 0 Å². The summed E-state index contributed by atoms with van der Waals surface area (Å²) < 4.78 is 5.53. The second kappa shape index (κ2) is 6.96. The van der Waals surface area contributed by atoms with Gasteiger partial charge in [-0.1, -0.05) is 45.0 Å². The van der Waals surface area contributed by atoms with Crippen LogP contribution in [-0.4, -0.2) is 26.3 Å². The first-order valence-electron chi connectivity index (χ1n) is 9.90. The zero-order valence-corrected chi connectivity index (χ0v) is 16.2. The lowest BCUT2D eigenvalue weighted by molar-refractivity contribution is 0.122. The molecule has 138 valence electrons. The lowest BCUT2D eigenvalue weighted by Crippen LogP contribution is -2.36. The quantitative estimate of drug-likeness (QED) is 0.850. The highest BCUT2D eigenvalue weighted by molar-refractivity contribution is 5.60. The maximum Gasteiger partial charge on any atom is 0.0642 e. The number of hydrogen-bond donors (Lipinski definition) is 1. The van der Waals surface area contributed by atoms with E-state index in [0.29, 0.717) is 6.04 Å². The Hall–Kier alpha value is -2.00. The molecule has 1 atom stereocenters. The van der Waals surface area contributed by atoms with Crippen molar-refractivity contribution in [3.05, 3.63) is 59.2 Å². The fraction of sp³-hybridized carbons (Fsp3) is 0.478. The van der Waals surface area contributed by atoms with Crippen molar-refractivity contribution in [3.63, 3.8) is 0 Å².